The number of rotatable bonds is 4. The zero-order valence-corrected chi connectivity index (χ0v) is 13.6. The van der Waals surface area contributed by atoms with E-state index in [9.17, 15) is 9.59 Å². The van der Waals surface area contributed by atoms with Crippen LogP contribution in [0.3, 0.4) is 0 Å². The highest BCUT2D eigenvalue weighted by atomic mass is 16.5. The first-order valence-corrected chi connectivity index (χ1v) is 8.17. The van der Waals surface area contributed by atoms with Gasteiger partial charge in [-0.1, -0.05) is 6.92 Å². The molecule has 0 radical (unpaired) electrons. The van der Waals surface area contributed by atoms with E-state index in [-0.39, 0.29) is 17.9 Å². The minimum atomic E-state index is -0.520. The van der Waals surface area contributed by atoms with Crippen molar-refractivity contribution in [2.75, 3.05) is 11.9 Å². The minimum Gasteiger partial charge on any atom is -0.488 e. The molecule has 0 spiro atoms. The molecule has 4 N–H and O–H groups in total. The van der Waals surface area contributed by atoms with E-state index in [0.29, 0.717) is 19.4 Å². The molecule has 2 aliphatic rings. The predicted octanol–water partition coefficient (Wildman–Crippen LogP) is 0.901. The molecule has 0 fully saturated rings. The highest BCUT2D eigenvalue weighted by Crippen LogP contribution is 2.41. The maximum Gasteiger partial charge on any atom is 0.236 e. The molecule has 1 unspecified atom stereocenters. The Bertz CT molecular complexity index is 655. The molecule has 3 rings (SSSR count). The lowest BCUT2D eigenvalue weighted by Gasteiger charge is -2.22. The standard InChI is InChI=1S/C17H23N3O3/c1-3-10-6-11-7-12(8-19-17(22)9(2)18)23-16(11)13-4-5-14(21)20-15(10)13/h6,9,12H,3-5,7-8,18H2,1-2H3,(H,19,22)(H,20,21)/t9-,12?/m0/s1. The molecular formula is C17H23N3O3. The van der Waals surface area contributed by atoms with Gasteiger partial charge < -0.3 is 21.1 Å². The number of carbonyl (C=O) groups excluding carboxylic acids is 2. The van der Waals surface area contributed by atoms with Crippen molar-refractivity contribution in [1.29, 1.82) is 0 Å². The van der Waals surface area contributed by atoms with E-state index in [4.69, 9.17) is 10.5 Å². The number of ether oxygens (including phenoxy) is 1. The third-order valence-corrected chi connectivity index (χ3v) is 4.43. The molecule has 2 aliphatic heterocycles. The van der Waals surface area contributed by atoms with Crippen molar-refractivity contribution in [3.8, 4) is 5.75 Å². The van der Waals surface area contributed by atoms with Gasteiger partial charge in [0.15, 0.2) is 0 Å². The summed E-state index contributed by atoms with van der Waals surface area (Å²) in [5.74, 6) is 0.774. The van der Waals surface area contributed by atoms with Crippen LogP contribution < -0.4 is 21.1 Å². The molecule has 124 valence electrons. The number of aryl methyl sites for hydroxylation is 1. The topological polar surface area (TPSA) is 93.5 Å². The molecule has 0 saturated heterocycles. The van der Waals surface area contributed by atoms with Crippen LogP contribution >= 0.6 is 0 Å². The van der Waals surface area contributed by atoms with E-state index in [1.807, 2.05) is 0 Å². The first-order chi connectivity index (χ1) is 11.0. The molecule has 6 heteroatoms. The van der Waals surface area contributed by atoms with Crippen LogP contribution in [0.5, 0.6) is 5.75 Å². The van der Waals surface area contributed by atoms with E-state index < -0.39 is 6.04 Å². The van der Waals surface area contributed by atoms with Crippen molar-refractivity contribution < 1.29 is 14.3 Å². The van der Waals surface area contributed by atoms with Crippen LogP contribution in [0.15, 0.2) is 6.07 Å². The molecule has 23 heavy (non-hydrogen) atoms. The smallest absolute Gasteiger partial charge is 0.236 e. The van der Waals surface area contributed by atoms with Gasteiger partial charge in [-0.25, -0.2) is 0 Å². The summed E-state index contributed by atoms with van der Waals surface area (Å²) in [6, 6.07) is 1.60. The summed E-state index contributed by atoms with van der Waals surface area (Å²) in [6.07, 6.45) is 2.74. The molecule has 2 amide bonds. The monoisotopic (exact) mass is 317 g/mol. The van der Waals surface area contributed by atoms with Crippen molar-refractivity contribution >= 4 is 17.5 Å². The van der Waals surface area contributed by atoms with Gasteiger partial charge >= 0.3 is 0 Å². The summed E-state index contributed by atoms with van der Waals surface area (Å²) in [6.45, 7) is 4.18. The van der Waals surface area contributed by atoms with Gasteiger partial charge in [-0.2, -0.15) is 0 Å². The van der Waals surface area contributed by atoms with Gasteiger partial charge in [0.05, 0.1) is 18.3 Å². The minimum absolute atomic E-state index is 0.0610. The molecule has 1 aromatic rings. The SMILES string of the molecule is CCc1cc2c(c3c1NC(=O)CC3)OC(CNC(=O)[C@H](C)N)C2. The molecule has 0 aliphatic carbocycles. The molecule has 6 nitrogen and oxygen atoms in total. The van der Waals surface area contributed by atoms with Crippen LogP contribution in [0.1, 0.15) is 37.0 Å². The van der Waals surface area contributed by atoms with Crippen LogP contribution in [-0.4, -0.2) is 30.5 Å². The van der Waals surface area contributed by atoms with E-state index in [1.54, 1.807) is 6.92 Å². The fraction of sp³-hybridized carbons (Fsp3) is 0.529. The van der Waals surface area contributed by atoms with Crippen LogP contribution in [0.25, 0.3) is 0 Å². The summed E-state index contributed by atoms with van der Waals surface area (Å²) in [4.78, 5) is 23.3. The van der Waals surface area contributed by atoms with Gasteiger partial charge in [0, 0.05) is 18.4 Å². The summed E-state index contributed by atoms with van der Waals surface area (Å²) < 4.78 is 6.06. The molecular weight excluding hydrogens is 294 g/mol. The maximum absolute atomic E-state index is 11.7. The van der Waals surface area contributed by atoms with E-state index >= 15 is 0 Å². The molecule has 0 bridgehead atoms. The molecule has 1 aromatic carbocycles. The number of benzene rings is 1. The second-order valence-electron chi connectivity index (χ2n) is 6.26. The van der Waals surface area contributed by atoms with Gasteiger partial charge in [0.2, 0.25) is 11.8 Å². The van der Waals surface area contributed by atoms with Gasteiger partial charge in [-0.05, 0) is 37.0 Å². The first kappa shape index (κ1) is 15.8. The Morgan fingerprint density at radius 2 is 2.30 bits per heavy atom. The normalized spacial score (nSPS) is 20.1. The van der Waals surface area contributed by atoms with Crippen LogP contribution in [0.2, 0.25) is 0 Å². The van der Waals surface area contributed by atoms with Gasteiger partial charge in [0.25, 0.3) is 0 Å². The summed E-state index contributed by atoms with van der Waals surface area (Å²) in [7, 11) is 0. The number of nitrogens with one attached hydrogen (secondary N) is 2. The summed E-state index contributed by atoms with van der Waals surface area (Å²) >= 11 is 0. The Kier molecular flexibility index (Phi) is 4.26. The molecule has 0 aromatic heterocycles. The highest BCUT2D eigenvalue weighted by molar-refractivity contribution is 5.95. The number of hydrogen-bond acceptors (Lipinski definition) is 4. The zero-order chi connectivity index (χ0) is 16.6. The molecule has 2 heterocycles. The maximum atomic E-state index is 11.7. The van der Waals surface area contributed by atoms with Crippen LogP contribution in [-0.2, 0) is 28.9 Å². The Balaban J connectivity index is 1.80. The third kappa shape index (κ3) is 3.03. The molecule has 2 atom stereocenters. The number of anilines is 1. The summed E-state index contributed by atoms with van der Waals surface area (Å²) in [5.41, 5.74) is 9.88. The fourth-order valence-electron chi connectivity index (χ4n) is 3.20. The van der Waals surface area contributed by atoms with Crippen molar-refractivity contribution in [3.63, 3.8) is 0 Å². The second kappa shape index (κ2) is 6.20. The van der Waals surface area contributed by atoms with E-state index in [2.05, 4.69) is 23.6 Å². The lowest BCUT2D eigenvalue weighted by Crippen LogP contribution is -2.42. The van der Waals surface area contributed by atoms with Gasteiger partial charge in [-0.3, -0.25) is 9.59 Å². The fourth-order valence-corrected chi connectivity index (χ4v) is 3.20. The number of hydrogen-bond donors (Lipinski definition) is 3. The quantitative estimate of drug-likeness (QED) is 0.769. The van der Waals surface area contributed by atoms with E-state index in [1.165, 1.54) is 0 Å². The predicted molar refractivity (Wildman–Crippen MR) is 87.5 cm³/mol. The molecule has 0 saturated carbocycles. The lowest BCUT2D eigenvalue weighted by molar-refractivity contribution is -0.122. The Morgan fingerprint density at radius 1 is 1.52 bits per heavy atom. The largest absolute Gasteiger partial charge is 0.488 e. The first-order valence-electron chi connectivity index (χ1n) is 8.17. The third-order valence-electron chi connectivity index (χ3n) is 4.43. The lowest BCUT2D eigenvalue weighted by atomic mass is 9.93. The van der Waals surface area contributed by atoms with E-state index in [0.717, 1.165) is 41.0 Å². The average molecular weight is 317 g/mol. The van der Waals surface area contributed by atoms with Crippen molar-refractivity contribution in [2.45, 2.75) is 51.7 Å². The van der Waals surface area contributed by atoms with Crippen LogP contribution in [0, 0.1) is 0 Å². The average Bonchev–Trinajstić information content (AvgIpc) is 2.94. The number of carbonyl (C=O) groups is 2. The Labute approximate surface area is 135 Å². The van der Waals surface area contributed by atoms with Crippen molar-refractivity contribution in [2.24, 2.45) is 5.73 Å². The van der Waals surface area contributed by atoms with Gasteiger partial charge in [-0.15, -0.1) is 0 Å². The summed E-state index contributed by atoms with van der Waals surface area (Å²) in [5, 5.41) is 5.80. The number of amides is 2. The van der Waals surface area contributed by atoms with Crippen LogP contribution in [0.4, 0.5) is 5.69 Å². The zero-order valence-electron chi connectivity index (χ0n) is 13.6. The highest BCUT2D eigenvalue weighted by Gasteiger charge is 2.31. The Morgan fingerprint density at radius 3 is 3.00 bits per heavy atom. The number of fused-ring (bicyclic) bond motifs is 3. The Hall–Kier alpha value is -2.08. The van der Waals surface area contributed by atoms with Gasteiger partial charge in [0.1, 0.15) is 11.9 Å². The van der Waals surface area contributed by atoms with Crippen molar-refractivity contribution in [1.82, 2.24) is 5.32 Å². The number of nitrogens with two attached hydrogens (primary N) is 1. The van der Waals surface area contributed by atoms with Crippen molar-refractivity contribution in [3.05, 3.63) is 22.8 Å². The second-order valence-corrected chi connectivity index (χ2v) is 6.26.